The van der Waals surface area contributed by atoms with Crippen LogP contribution in [0.25, 0.3) is 11.3 Å². The van der Waals surface area contributed by atoms with Crippen LogP contribution in [0.15, 0.2) is 66.7 Å². The third-order valence-corrected chi connectivity index (χ3v) is 11.4. The molecule has 0 saturated carbocycles. The van der Waals surface area contributed by atoms with Crippen LogP contribution in [0.3, 0.4) is 0 Å². The topological polar surface area (TPSA) is 143 Å². The number of hydrogen-bond acceptors (Lipinski definition) is 11. The fourth-order valence-corrected chi connectivity index (χ4v) is 8.41. The van der Waals surface area contributed by atoms with Crippen LogP contribution in [-0.2, 0) is 22.7 Å². The molecule has 5 aliphatic heterocycles. The van der Waals surface area contributed by atoms with Gasteiger partial charge < -0.3 is 29.9 Å². The van der Waals surface area contributed by atoms with Gasteiger partial charge in [0.05, 0.1) is 24.0 Å². The molecule has 0 spiro atoms. The van der Waals surface area contributed by atoms with Crippen LogP contribution in [0.1, 0.15) is 46.3 Å². The number of amides is 3. The van der Waals surface area contributed by atoms with Gasteiger partial charge >= 0.3 is 0 Å². The first-order valence-electron chi connectivity index (χ1n) is 18.4. The number of carbonyl (C=O) groups is 3. The molecule has 13 nitrogen and oxygen atoms in total. The summed E-state index contributed by atoms with van der Waals surface area (Å²) in [5.41, 5.74) is 6.92. The zero-order chi connectivity index (χ0) is 36.2. The van der Waals surface area contributed by atoms with E-state index in [1.54, 1.807) is 4.90 Å². The summed E-state index contributed by atoms with van der Waals surface area (Å²) < 4.78 is 6.50. The monoisotopic (exact) mass is 714 g/mol. The van der Waals surface area contributed by atoms with E-state index in [1.165, 1.54) is 5.56 Å². The second-order valence-corrected chi connectivity index (χ2v) is 14.7. The average Bonchev–Trinajstić information content (AvgIpc) is 3.73. The van der Waals surface area contributed by atoms with Gasteiger partial charge in [-0.15, -0.1) is 10.2 Å². The SMILES string of the molecule is Cc1cccc(-c2cc3c(nn2)NC[C@H]2C[C@@H](Oc4ccc(CN5CCN(c6ccc7c(c6)C(=O)N(C6CCC(=O)NC6=O)C7)CC5)cc4)CN32)c1O. The Hall–Kier alpha value is -5.69. The molecule has 3 amide bonds. The lowest BCUT2D eigenvalue weighted by molar-refractivity contribution is -0.136. The molecule has 53 heavy (non-hydrogen) atoms. The average molecular weight is 715 g/mol. The number of piperidine rings is 1. The third-order valence-electron chi connectivity index (χ3n) is 11.4. The molecule has 3 aromatic carbocycles. The molecule has 0 aliphatic carbocycles. The standard InChI is InChI=1S/C40H42N8O5/c1-24-3-2-4-31(37(24)50)33-19-35-38(44-43-33)41-20-28-17-30(23-47(28)35)53-29-9-5-25(6-10-29)21-45-13-15-46(16-14-45)27-8-7-26-22-48(40(52)32(26)18-27)34-11-12-36(49)42-39(34)51/h2-10,18-19,28,30,34,50H,11-17,20-23H2,1H3,(H,41,44)(H,42,49,51)/t28-,30-,34?/m1/s1. The number of rotatable bonds is 7. The molecule has 0 radical (unpaired) electrons. The summed E-state index contributed by atoms with van der Waals surface area (Å²) in [6.07, 6.45) is 1.54. The Morgan fingerprint density at radius 2 is 1.75 bits per heavy atom. The number of phenolic OH excluding ortho intramolecular Hbond substituents is 1. The minimum absolute atomic E-state index is 0.0330. The van der Waals surface area contributed by atoms with Crippen LogP contribution in [0.4, 0.5) is 17.2 Å². The van der Waals surface area contributed by atoms with Gasteiger partial charge in [-0.1, -0.05) is 30.3 Å². The molecule has 5 aliphatic rings. The van der Waals surface area contributed by atoms with Crippen LogP contribution in [0, 0.1) is 6.92 Å². The molecule has 272 valence electrons. The molecule has 3 N–H and O–H groups in total. The number of aryl methyl sites for hydroxylation is 1. The smallest absolute Gasteiger partial charge is 0.255 e. The summed E-state index contributed by atoms with van der Waals surface area (Å²) in [6, 6.07) is 21.8. The van der Waals surface area contributed by atoms with E-state index >= 15 is 0 Å². The lowest BCUT2D eigenvalue weighted by Crippen LogP contribution is -2.52. The van der Waals surface area contributed by atoms with E-state index < -0.39 is 6.04 Å². The Balaban J connectivity index is 0.781. The van der Waals surface area contributed by atoms with Crippen molar-refractivity contribution in [2.45, 2.75) is 57.5 Å². The van der Waals surface area contributed by atoms with Gasteiger partial charge in [0.1, 0.15) is 23.6 Å². The van der Waals surface area contributed by atoms with Crippen molar-refractivity contribution in [3.8, 4) is 22.8 Å². The molecule has 3 atom stereocenters. The number of imide groups is 1. The Bertz CT molecular complexity index is 2100. The van der Waals surface area contributed by atoms with Gasteiger partial charge in [0, 0.05) is 75.5 Å². The number of phenols is 1. The van der Waals surface area contributed by atoms with E-state index in [0.717, 1.165) is 86.3 Å². The first-order valence-corrected chi connectivity index (χ1v) is 18.4. The predicted molar refractivity (Wildman–Crippen MR) is 199 cm³/mol. The number of aromatic nitrogens is 2. The first-order chi connectivity index (χ1) is 25.8. The highest BCUT2D eigenvalue weighted by atomic mass is 16.5. The minimum atomic E-state index is -0.604. The second-order valence-electron chi connectivity index (χ2n) is 14.7. The summed E-state index contributed by atoms with van der Waals surface area (Å²) in [7, 11) is 0. The number of anilines is 3. The van der Waals surface area contributed by atoms with Gasteiger partial charge in [0.25, 0.3) is 5.91 Å². The Morgan fingerprint density at radius 3 is 2.57 bits per heavy atom. The molecule has 1 aromatic heterocycles. The third kappa shape index (κ3) is 6.28. The number of piperazine rings is 1. The number of ether oxygens (including phenoxy) is 1. The number of nitrogens with zero attached hydrogens (tertiary/aromatic N) is 6. The normalized spacial score (nSPS) is 22.6. The quantitative estimate of drug-likeness (QED) is 0.241. The maximum absolute atomic E-state index is 13.3. The fraction of sp³-hybridized carbons (Fsp3) is 0.375. The molecule has 6 heterocycles. The van der Waals surface area contributed by atoms with Gasteiger partial charge in [0.2, 0.25) is 11.8 Å². The van der Waals surface area contributed by atoms with E-state index in [2.05, 4.69) is 65.9 Å². The molecule has 1 unspecified atom stereocenters. The number of carbonyl (C=O) groups excluding carboxylic acids is 3. The zero-order valence-corrected chi connectivity index (χ0v) is 29.6. The first kappa shape index (κ1) is 33.2. The maximum Gasteiger partial charge on any atom is 0.255 e. The predicted octanol–water partition coefficient (Wildman–Crippen LogP) is 3.69. The van der Waals surface area contributed by atoms with E-state index in [9.17, 15) is 19.5 Å². The molecular formula is C40H42N8O5. The van der Waals surface area contributed by atoms with E-state index in [0.29, 0.717) is 29.8 Å². The van der Waals surface area contributed by atoms with Crippen LogP contribution in [0.2, 0.25) is 0 Å². The largest absolute Gasteiger partial charge is 0.507 e. The second kappa shape index (κ2) is 13.4. The number of nitrogens with one attached hydrogen (secondary N) is 2. The molecule has 0 bridgehead atoms. The van der Waals surface area contributed by atoms with Gasteiger partial charge in [-0.3, -0.25) is 24.6 Å². The van der Waals surface area contributed by atoms with E-state index in [4.69, 9.17) is 4.74 Å². The van der Waals surface area contributed by atoms with Gasteiger partial charge in [-0.05, 0) is 66.4 Å². The summed E-state index contributed by atoms with van der Waals surface area (Å²) >= 11 is 0. The van der Waals surface area contributed by atoms with Crippen molar-refractivity contribution in [2.24, 2.45) is 0 Å². The maximum atomic E-state index is 13.3. The highest BCUT2D eigenvalue weighted by Crippen LogP contribution is 2.39. The van der Waals surface area contributed by atoms with Crippen molar-refractivity contribution in [3.05, 3.63) is 89.0 Å². The van der Waals surface area contributed by atoms with E-state index in [-0.39, 0.29) is 42.0 Å². The lowest BCUT2D eigenvalue weighted by Gasteiger charge is -2.36. The van der Waals surface area contributed by atoms with Crippen molar-refractivity contribution in [2.75, 3.05) is 54.4 Å². The summed E-state index contributed by atoms with van der Waals surface area (Å²) in [5, 5.41) is 25.3. The molecule has 3 saturated heterocycles. The van der Waals surface area contributed by atoms with Gasteiger partial charge in [0.15, 0.2) is 5.82 Å². The van der Waals surface area contributed by atoms with Crippen LogP contribution < -0.4 is 25.2 Å². The van der Waals surface area contributed by atoms with Gasteiger partial charge in [-0.2, -0.15) is 0 Å². The molecule has 4 aromatic rings. The number of aromatic hydroxyl groups is 1. The van der Waals surface area contributed by atoms with Crippen molar-refractivity contribution in [3.63, 3.8) is 0 Å². The van der Waals surface area contributed by atoms with Crippen LogP contribution >= 0.6 is 0 Å². The van der Waals surface area contributed by atoms with Crippen LogP contribution in [-0.4, -0.2) is 100 Å². The van der Waals surface area contributed by atoms with Crippen molar-refractivity contribution in [1.82, 2.24) is 25.3 Å². The fourth-order valence-electron chi connectivity index (χ4n) is 8.41. The van der Waals surface area contributed by atoms with E-state index in [1.807, 2.05) is 43.3 Å². The Labute approximate surface area is 307 Å². The summed E-state index contributed by atoms with van der Waals surface area (Å²) in [5.74, 6) is 1.03. The molecule has 3 fully saturated rings. The summed E-state index contributed by atoms with van der Waals surface area (Å²) in [4.78, 5) is 46.1. The molecule has 13 heteroatoms. The number of para-hydroxylation sites is 1. The van der Waals surface area contributed by atoms with Crippen molar-refractivity contribution < 1.29 is 24.2 Å². The van der Waals surface area contributed by atoms with Gasteiger partial charge in [-0.25, -0.2) is 0 Å². The molecular weight excluding hydrogens is 672 g/mol. The van der Waals surface area contributed by atoms with Crippen molar-refractivity contribution in [1.29, 1.82) is 0 Å². The lowest BCUT2D eigenvalue weighted by atomic mass is 10.0. The van der Waals surface area contributed by atoms with Crippen molar-refractivity contribution >= 4 is 34.9 Å². The Morgan fingerprint density at radius 1 is 0.925 bits per heavy atom. The highest BCUT2D eigenvalue weighted by Gasteiger charge is 2.40. The number of benzene rings is 3. The number of fused-ring (bicyclic) bond motifs is 4. The number of hydrogen-bond donors (Lipinski definition) is 3. The molecule has 9 rings (SSSR count). The summed E-state index contributed by atoms with van der Waals surface area (Å²) in [6.45, 7) is 8.13. The minimum Gasteiger partial charge on any atom is -0.507 e. The highest BCUT2D eigenvalue weighted by molar-refractivity contribution is 6.05. The van der Waals surface area contributed by atoms with Crippen LogP contribution in [0.5, 0.6) is 11.5 Å². The zero-order valence-electron chi connectivity index (χ0n) is 29.6. The Kier molecular flexibility index (Phi) is 8.37.